The van der Waals surface area contributed by atoms with Crippen molar-refractivity contribution in [3.05, 3.63) is 20.7 Å². The van der Waals surface area contributed by atoms with Crippen LogP contribution in [0.15, 0.2) is 5.38 Å². The first-order valence-electron chi connectivity index (χ1n) is 3.33. The number of thiophene rings is 1. The second-order valence-corrected chi connectivity index (χ2v) is 3.61. The molecule has 0 amide bonds. The first kappa shape index (κ1) is 7.55. The van der Waals surface area contributed by atoms with Crippen molar-refractivity contribution in [3.8, 4) is 0 Å². The molecule has 1 heteroatoms. The van der Waals surface area contributed by atoms with Gasteiger partial charge < -0.3 is 0 Å². The molecule has 0 unspecified atom stereocenters. The average molecular weight is 152 g/mol. The summed E-state index contributed by atoms with van der Waals surface area (Å²) in [5.74, 6) is 0. The minimum Gasteiger partial charge on any atom is -0.144 e. The van der Waals surface area contributed by atoms with Crippen molar-refractivity contribution in [2.75, 3.05) is 0 Å². The van der Waals surface area contributed by atoms with Gasteiger partial charge in [-0.1, -0.05) is 12.2 Å². The summed E-state index contributed by atoms with van der Waals surface area (Å²) in [5, 5.41) is 3.36. The highest BCUT2D eigenvalue weighted by atomic mass is 32.1. The lowest BCUT2D eigenvalue weighted by molar-refractivity contribution is 1.45. The van der Waals surface area contributed by atoms with Crippen LogP contribution in [-0.2, 0) is 0 Å². The minimum atomic E-state index is 1.20. The Balaban J connectivity index is 3.63. The molecule has 0 saturated carbocycles. The summed E-state index contributed by atoms with van der Waals surface area (Å²) in [4.78, 5) is 0. The van der Waals surface area contributed by atoms with Crippen LogP contribution in [0.4, 0.5) is 0 Å². The van der Waals surface area contributed by atoms with Gasteiger partial charge in [0.15, 0.2) is 0 Å². The molecule has 0 aromatic carbocycles. The molecule has 0 aliphatic heterocycles. The third-order valence-electron chi connectivity index (χ3n) is 1.56. The van der Waals surface area contributed by atoms with E-state index in [1.165, 1.54) is 20.9 Å². The van der Waals surface area contributed by atoms with Gasteiger partial charge in [0.05, 0.1) is 0 Å². The second kappa shape index (κ2) is 2.59. The largest absolute Gasteiger partial charge is 0.144 e. The highest BCUT2D eigenvalue weighted by molar-refractivity contribution is 7.07. The van der Waals surface area contributed by atoms with Crippen LogP contribution in [0.3, 0.4) is 0 Å². The number of aryl methyl sites for hydroxylation is 1. The van der Waals surface area contributed by atoms with E-state index in [4.69, 9.17) is 0 Å². The van der Waals surface area contributed by atoms with Crippen molar-refractivity contribution in [2.45, 2.75) is 20.8 Å². The predicted octanol–water partition coefficient (Wildman–Crippen LogP) is 1.66. The maximum atomic E-state index is 3.99. The van der Waals surface area contributed by atoms with Crippen LogP contribution in [0.25, 0.3) is 12.2 Å². The molecule has 1 heterocycles. The zero-order chi connectivity index (χ0) is 7.72. The standard InChI is InChI=1S/C9H12S/c1-6(2)9-8(4)7(3)5-10-9/h5H,4H2,1-3H3. The first-order valence-corrected chi connectivity index (χ1v) is 4.21. The lowest BCUT2D eigenvalue weighted by atomic mass is 10.2. The van der Waals surface area contributed by atoms with Gasteiger partial charge in [-0.05, 0) is 36.9 Å². The van der Waals surface area contributed by atoms with E-state index in [0.717, 1.165) is 0 Å². The minimum absolute atomic E-state index is 1.20. The van der Waals surface area contributed by atoms with Crippen LogP contribution in [0.2, 0.25) is 0 Å². The highest BCUT2D eigenvalue weighted by Gasteiger charge is 1.91. The van der Waals surface area contributed by atoms with Crippen LogP contribution in [0, 0.1) is 6.92 Å². The summed E-state index contributed by atoms with van der Waals surface area (Å²) in [6.45, 7) is 10.3. The van der Waals surface area contributed by atoms with Gasteiger partial charge in [0, 0.05) is 4.53 Å². The van der Waals surface area contributed by atoms with E-state index in [9.17, 15) is 0 Å². The van der Waals surface area contributed by atoms with E-state index >= 15 is 0 Å². The molecule has 0 aliphatic carbocycles. The Labute approximate surface area is 65.5 Å². The Hall–Kier alpha value is -0.560. The van der Waals surface area contributed by atoms with Crippen molar-refractivity contribution in [3.63, 3.8) is 0 Å². The molecule has 0 nitrogen and oxygen atoms in total. The molecule has 1 aromatic rings. The third kappa shape index (κ3) is 1.14. The SMILES string of the molecule is C=c1c(C)csc1=C(C)C. The van der Waals surface area contributed by atoms with E-state index in [-0.39, 0.29) is 0 Å². The van der Waals surface area contributed by atoms with Gasteiger partial charge in [0.2, 0.25) is 0 Å². The number of rotatable bonds is 0. The van der Waals surface area contributed by atoms with E-state index in [1.807, 2.05) is 0 Å². The van der Waals surface area contributed by atoms with Crippen molar-refractivity contribution >= 4 is 23.5 Å². The molecule has 0 aliphatic rings. The van der Waals surface area contributed by atoms with Gasteiger partial charge in [-0.25, -0.2) is 0 Å². The van der Waals surface area contributed by atoms with E-state index in [1.54, 1.807) is 11.3 Å². The molecule has 54 valence electrons. The van der Waals surface area contributed by atoms with E-state index < -0.39 is 0 Å². The first-order chi connectivity index (χ1) is 4.63. The lowest BCUT2D eigenvalue weighted by Gasteiger charge is -1.82. The van der Waals surface area contributed by atoms with Crippen molar-refractivity contribution in [1.29, 1.82) is 0 Å². The molecule has 10 heavy (non-hydrogen) atoms. The number of hydrogen-bond acceptors (Lipinski definition) is 1. The molecular formula is C9H12S. The summed E-state index contributed by atoms with van der Waals surface area (Å²) < 4.78 is 1.34. The van der Waals surface area contributed by atoms with Gasteiger partial charge in [0.1, 0.15) is 0 Å². The summed E-state index contributed by atoms with van der Waals surface area (Å²) in [6.07, 6.45) is 0. The second-order valence-electron chi connectivity index (χ2n) is 2.73. The van der Waals surface area contributed by atoms with Crippen LogP contribution in [0.1, 0.15) is 19.4 Å². The highest BCUT2D eigenvalue weighted by Crippen LogP contribution is 1.93. The van der Waals surface area contributed by atoms with E-state index in [2.05, 4.69) is 32.7 Å². The van der Waals surface area contributed by atoms with Crippen LogP contribution >= 0.6 is 11.3 Å². The summed E-state index contributed by atoms with van der Waals surface area (Å²) in [6, 6.07) is 0. The molecule has 0 fully saturated rings. The maximum Gasteiger partial charge on any atom is 0.0325 e. The van der Waals surface area contributed by atoms with Gasteiger partial charge in [-0.3, -0.25) is 0 Å². The Morgan fingerprint density at radius 2 is 2.10 bits per heavy atom. The smallest absolute Gasteiger partial charge is 0.0325 e. The molecule has 1 rings (SSSR count). The topological polar surface area (TPSA) is 0 Å². The van der Waals surface area contributed by atoms with Gasteiger partial charge in [-0.15, -0.1) is 11.3 Å². The fourth-order valence-electron chi connectivity index (χ4n) is 0.888. The molecule has 0 radical (unpaired) electrons. The Bertz CT molecular complexity index is 326. The van der Waals surface area contributed by atoms with Crippen molar-refractivity contribution in [1.82, 2.24) is 0 Å². The van der Waals surface area contributed by atoms with Crippen LogP contribution in [0.5, 0.6) is 0 Å². The molecule has 0 atom stereocenters. The fraction of sp³-hybridized carbons (Fsp3) is 0.333. The van der Waals surface area contributed by atoms with Crippen LogP contribution in [-0.4, -0.2) is 0 Å². The summed E-state index contributed by atoms with van der Waals surface area (Å²) >= 11 is 1.78. The van der Waals surface area contributed by atoms with Crippen LogP contribution < -0.4 is 9.75 Å². The average Bonchev–Trinajstić information content (AvgIpc) is 2.14. The van der Waals surface area contributed by atoms with E-state index in [0.29, 0.717) is 0 Å². The zero-order valence-electron chi connectivity index (χ0n) is 6.69. The Morgan fingerprint density at radius 1 is 1.50 bits per heavy atom. The molecule has 0 spiro atoms. The molecule has 0 saturated heterocycles. The van der Waals surface area contributed by atoms with Gasteiger partial charge in [0.25, 0.3) is 0 Å². The molecule has 0 bridgehead atoms. The lowest BCUT2D eigenvalue weighted by Crippen LogP contribution is -2.19. The Kier molecular flexibility index (Phi) is 1.95. The molecular weight excluding hydrogens is 140 g/mol. The van der Waals surface area contributed by atoms with Gasteiger partial charge >= 0.3 is 0 Å². The number of hydrogen-bond donors (Lipinski definition) is 0. The Morgan fingerprint density at radius 3 is 2.30 bits per heavy atom. The van der Waals surface area contributed by atoms with Gasteiger partial charge in [-0.2, -0.15) is 0 Å². The monoisotopic (exact) mass is 152 g/mol. The summed E-state index contributed by atoms with van der Waals surface area (Å²) in [7, 11) is 0. The maximum absolute atomic E-state index is 3.99. The normalized spacial score (nSPS) is 9.90. The quantitative estimate of drug-likeness (QED) is 0.530. The predicted molar refractivity (Wildman–Crippen MR) is 48.6 cm³/mol. The van der Waals surface area contributed by atoms with Crippen molar-refractivity contribution in [2.24, 2.45) is 0 Å². The molecule has 1 aromatic heterocycles. The van der Waals surface area contributed by atoms with Crippen molar-refractivity contribution < 1.29 is 0 Å². The third-order valence-corrected chi connectivity index (χ3v) is 2.92. The summed E-state index contributed by atoms with van der Waals surface area (Å²) in [5.41, 5.74) is 2.67. The zero-order valence-corrected chi connectivity index (χ0v) is 7.51. The fourth-order valence-corrected chi connectivity index (χ4v) is 1.86. The molecule has 0 N–H and O–H groups in total.